The Bertz CT molecular complexity index is 813. The van der Waals surface area contributed by atoms with Gasteiger partial charge in [0.25, 0.3) is 0 Å². The first-order chi connectivity index (χ1) is 11.3. The predicted octanol–water partition coefficient (Wildman–Crippen LogP) is 1.91. The number of piperidine rings is 1. The Morgan fingerprint density at radius 2 is 2.00 bits per heavy atom. The van der Waals surface area contributed by atoms with Crippen LogP contribution in [0.15, 0.2) is 37.2 Å². The average molecular weight is 309 g/mol. The Labute approximate surface area is 134 Å². The lowest BCUT2D eigenvalue weighted by molar-refractivity contribution is 0.526. The minimum Gasteiger partial charge on any atom is -0.365 e. The summed E-state index contributed by atoms with van der Waals surface area (Å²) in [7, 11) is 0. The number of nitrogens with zero attached hydrogens (tertiary/aromatic N) is 6. The summed E-state index contributed by atoms with van der Waals surface area (Å²) in [4.78, 5) is 19.7. The second-order valence-corrected chi connectivity index (χ2v) is 5.88. The first-order valence-corrected chi connectivity index (χ1v) is 7.87. The minimum absolute atomic E-state index is 0.343. The fraction of sp³-hybridized carbons (Fsp3) is 0.375. The number of nitrogens with one attached hydrogen (secondary N) is 1. The fourth-order valence-electron chi connectivity index (χ4n) is 3.09. The predicted molar refractivity (Wildman–Crippen MR) is 88.6 cm³/mol. The van der Waals surface area contributed by atoms with Crippen molar-refractivity contribution in [2.24, 2.45) is 0 Å². The summed E-state index contributed by atoms with van der Waals surface area (Å²) >= 11 is 0. The summed E-state index contributed by atoms with van der Waals surface area (Å²) in [6.45, 7) is 3.87. The van der Waals surface area contributed by atoms with Crippen LogP contribution in [0.5, 0.6) is 0 Å². The van der Waals surface area contributed by atoms with E-state index in [4.69, 9.17) is 0 Å². The van der Waals surface area contributed by atoms with Gasteiger partial charge in [0.05, 0.1) is 0 Å². The standard InChI is InChI=1S/C16H19N7/c1-12-9-14(20-11-19-12)21-13-3-2-6-23(10-13)16-15-17-4-7-22(15)8-5-18-16/h4-5,7-9,11,13H,2-3,6,10H2,1H3,(H,19,20,21). The molecule has 1 unspecified atom stereocenters. The van der Waals surface area contributed by atoms with Gasteiger partial charge in [-0.25, -0.2) is 19.9 Å². The highest BCUT2D eigenvalue weighted by Gasteiger charge is 2.23. The third-order valence-corrected chi connectivity index (χ3v) is 4.17. The van der Waals surface area contributed by atoms with Crippen molar-refractivity contribution in [3.63, 3.8) is 0 Å². The number of fused-ring (bicyclic) bond motifs is 1. The van der Waals surface area contributed by atoms with Crippen LogP contribution in [0.25, 0.3) is 5.65 Å². The van der Waals surface area contributed by atoms with Gasteiger partial charge in [-0.1, -0.05) is 0 Å². The highest BCUT2D eigenvalue weighted by atomic mass is 15.2. The Kier molecular flexibility index (Phi) is 3.53. The first-order valence-electron chi connectivity index (χ1n) is 7.87. The number of rotatable bonds is 3. The first kappa shape index (κ1) is 13.9. The highest BCUT2D eigenvalue weighted by molar-refractivity contribution is 5.64. The van der Waals surface area contributed by atoms with Crippen molar-refractivity contribution in [1.29, 1.82) is 0 Å². The van der Waals surface area contributed by atoms with E-state index in [1.165, 1.54) is 0 Å². The molecule has 0 spiro atoms. The van der Waals surface area contributed by atoms with Crippen LogP contribution >= 0.6 is 0 Å². The number of anilines is 2. The van der Waals surface area contributed by atoms with E-state index in [0.29, 0.717) is 6.04 Å². The van der Waals surface area contributed by atoms with E-state index in [9.17, 15) is 0 Å². The molecule has 1 N–H and O–H groups in total. The second-order valence-electron chi connectivity index (χ2n) is 5.88. The van der Waals surface area contributed by atoms with Crippen molar-refractivity contribution < 1.29 is 0 Å². The van der Waals surface area contributed by atoms with Crippen LogP contribution in [0.1, 0.15) is 18.5 Å². The number of hydrogen-bond acceptors (Lipinski definition) is 6. The van der Waals surface area contributed by atoms with Gasteiger partial charge in [-0.3, -0.25) is 0 Å². The molecule has 4 rings (SSSR count). The quantitative estimate of drug-likeness (QED) is 0.797. The van der Waals surface area contributed by atoms with Crippen molar-refractivity contribution in [3.8, 4) is 0 Å². The zero-order valence-electron chi connectivity index (χ0n) is 13.1. The summed E-state index contributed by atoms with van der Waals surface area (Å²) in [6.07, 6.45) is 11.4. The molecule has 7 heteroatoms. The molecule has 118 valence electrons. The van der Waals surface area contributed by atoms with Crippen LogP contribution in [0.2, 0.25) is 0 Å². The van der Waals surface area contributed by atoms with E-state index in [-0.39, 0.29) is 0 Å². The second kappa shape index (κ2) is 5.83. The normalized spacial score (nSPS) is 18.3. The van der Waals surface area contributed by atoms with Crippen molar-refractivity contribution in [3.05, 3.63) is 42.9 Å². The Balaban J connectivity index is 1.54. The van der Waals surface area contributed by atoms with Gasteiger partial charge in [-0.15, -0.1) is 0 Å². The lowest BCUT2D eigenvalue weighted by Gasteiger charge is -2.34. The average Bonchev–Trinajstić information content (AvgIpc) is 3.03. The van der Waals surface area contributed by atoms with Crippen LogP contribution in [-0.4, -0.2) is 43.5 Å². The molecule has 0 amide bonds. The molecule has 0 bridgehead atoms. The minimum atomic E-state index is 0.343. The van der Waals surface area contributed by atoms with E-state index < -0.39 is 0 Å². The van der Waals surface area contributed by atoms with Gasteiger partial charge >= 0.3 is 0 Å². The maximum Gasteiger partial charge on any atom is 0.180 e. The SMILES string of the molecule is Cc1cc(NC2CCCN(c3nccn4ccnc34)C2)ncn1. The third kappa shape index (κ3) is 2.81. The molecule has 1 aliphatic rings. The van der Waals surface area contributed by atoms with E-state index in [1.54, 1.807) is 6.33 Å². The van der Waals surface area contributed by atoms with Crippen molar-refractivity contribution in [2.75, 3.05) is 23.3 Å². The molecule has 7 nitrogen and oxygen atoms in total. The molecular weight excluding hydrogens is 290 g/mol. The van der Waals surface area contributed by atoms with E-state index in [1.807, 2.05) is 42.2 Å². The molecule has 23 heavy (non-hydrogen) atoms. The summed E-state index contributed by atoms with van der Waals surface area (Å²) in [6, 6.07) is 2.32. The van der Waals surface area contributed by atoms with Crippen molar-refractivity contribution in [2.45, 2.75) is 25.8 Å². The molecule has 4 heterocycles. The maximum atomic E-state index is 4.55. The van der Waals surface area contributed by atoms with Gasteiger partial charge in [-0.05, 0) is 19.8 Å². The highest BCUT2D eigenvalue weighted by Crippen LogP contribution is 2.22. The number of aromatic nitrogens is 5. The van der Waals surface area contributed by atoms with Crippen LogP contribution in [0.3, 0.4) is 0 Å². The molecule has 1 aliphatic heterocycles. The number of hydrogen-bond donors (Lipinski definition) is 1. The Morgan fingerprint density at radius 1 is 1.13 bits per heavy atom. The molecule has 1 saturated heterocycles. The number of aryl methyl sites for hydroxylation is 1. The molecule has 0 aromatic carbocycles. The molecule has 1 atom stereocenters. The maximum absolute atomic E-state index is 4.55. The molecular formula is C16H19N7. The van der Waals surface area contributed by atoms with Crippen LogP contribution in [0.4, 0.5) is 11.6 Å². The van der Waals surface area contributed by atoms with Crippen LogP contribution in [0, 0.1) is 6.92 Å². The Hall–Kier alpha value is -2.70. The van der Waals surface area contributed by atoms with Gasteiger partial charge in [0.2, 0.25) is 0 Å². The van der Waals surface area contributed by atoms with Gasteiger partial charge in [0, 0.05) is 55.7 Å². The smallest absolute Gasteiger partial charge is 0.180 e. The lowest BCUT2D eigenvalue weighted by Crippen LogP contribution is -2.42. The van der Waals surface area contributed by atoms with Gasteiger partial charge in [0.15, 0.2) is 11.5 Å². The zero-order chi connectivity index (χ0) is 15.6. The number of imidazole rings is 1. The summed E-state index contributed by atoms with van der Waals surface area (Å²) < 4.78 is 2.01. The molecule has 3 aromatic heterocycles. The third-order valence-electron chi connectivity index (χ3n) is 4.17. The lowest BCUT2D eigenvalue weighted by atomic mass is 10.1. The van der Waals surface area contributed by atoms with E-state index in [2.05, 4.69) is 30.2 Å². The molecule has 0 aliphatic carbocycles. The van der Waals surface area contributed by atoms with Gasteiger partial charge in [0.1, 0.15) is 12.1 Å². The molecule has 1 fully saturated rings. The largest absolute Gasteiger partial charge is 0.365 e. The summed E-state index contributed by atoms with van der Waals surface area (Å²) in [5.74, 6) is 1.83. The topological polar surface area (TPSA) is 71.2 Å². The van der Waals surface area contributed by atoms with Crippen molar-refractivity contribution >= 4 is 17.3 Å². The van der Waals surface area contributed by atoms with Crippen molar-refractivity contribution in [1.82, 2.24) is 24.3 Å². The summed E-state index contributed by atoms with van der Waals surface area (Å²) in [5, 5.41) is 3.52. The van der Waals surface area contributed by atoms with E-state index in [0.717, 1.165) is 48.9 Å². The monoisotopic (exact) mass is 309 g/mol. The van der Waals surface area contributed by atoms with Gasteiger partial charge < -0.3 is 14.6 Å². The fourth-order valence-corrected chi connectivity index (χ4v) is 3.09. The van der Waals surface area contributed by atoms with E-state index >= 15 is 0 Å². The Morgan fingerprint density at radius 3 is 2.87 bits per heavy atom. The molecule has 0 radical (unpaired) electrons. The molecule has 3 aromatic rings. The van der Waals surface area contributed by atoms with Gasteiger partial charge in [-0.2, -0.15) is 0 Å². The zero-order valence-corrected chi connectivity index (χ0v) is 13.1. The molecule has 0 saturated carbocycles. The summed E-state index contributed by atoms with van der Waals surface area (Å²) in [5.41, 5.74) is 1.88. The van der Waals surface area contributed by atoms with Crippen LogP contribution < -0.4 is 10.2 Å². The van der Waals surface area contributed by atoms with Crippen LogP contribution in [-0.2, 0) is 0 Å².